The van der Waals surface area contributed by atoms with Gasteiger partial charge in [0.2, 0.25) is 0 Å². The van der Waals surface area contributed by atoms with Crippen molar-refractivity contribution < 1.29 is 17.5 Å². The summed E-state index contributed by atoms with van der Waals surface area (Å²) in [7, 11) is -4.27. The first kappa shape index (κ1) is 30.4. The van der Waals surface area contributed by atoms with Crippen LogP contribution < -0.4 is 0 Å². The molecule has 0 radical (unpaired) electrons. The minimum atomic E-state index is -4.27. The van der Waals surface area contributed by atoms with E-state index in [0.717, 1.165) is 11.4 Å². The first-order valence-electron chi connectivity index (χ1n) is 12.2. The molecule has 6 heteroatoms. The van der Waals surface area contributed by atoms with Gasteiger partial charge in [0.1, 0.15) is 10.1 Å². The fraction of sp³-hybridized carbons (Fsp3) is 0.760. The van der Waals surface area contributed by atoms with Crippen molar-refractivity contribution in [1.29, 1.82) is 0 Å². The van der Waals surface area contributed by atoms with Crippen molar-refractivity contribution >= 4 is 21.7 Å². The molecule has 1 aromatic carbocycles. The third kappa shape index (κ3) is 15.0. The number of hydrogen-bond donors (Lipinski definition) is 0. The van der Waals surface area contributed by atoms with Crippen LogP contribution in [0.2, 0.25) is 0 Å². The van der Waals surface area contributed by atoms with Gasteiger partial charge in [-0.15, -0.1) is 11.6 Å². The van der Waals surface area contributed by atoms with Crippen molar-refractivity contribution in [2.45, 2.75) is 96.8 Å². The van der Waals surface area contributed by atoms with Crippen LogP contribution >= 0.6 is 11.6 Å². The van der Waals surface area contributed by atoms with Gasteiger partial charge in [0, 0.05) is 12.3 Å². The molecule has 1 aromatic rings. The van der Waals surface area contributed by atoms with E-state index in [0.29, 0.717) is 0 Å². The van der Waals surface area contributed by atoms with Crippen LogP contribution in [0.3, 0.4) is 0 Å². The molecule has 0 heterocycles. The summed E-state index contributed by atoms with van der Waals surface area (Å²) in [6, 6.07) is 5.78. The number of unbranched alkanes of at least 4 members (excludes halogenated alkanes) is 6. The van der Waals surface area contributed by atoms with E-state index in [4.69, 9.17) is 11.6 Å². The number of hydrogen-bond acceptors (Lipinski definition) is 3. The van der Waals surface area contributed by atoms with E-state index in [-0.39, 0.29) is 4.90 Å². The molecule has 0 amide bonds. The molecule has 0 aliphatic rings. The highest BCUT2D eigenvalue weighted by atomic mass is 35.5. The van der Waals surface area contributed by atoms with E-state index in [2.05, 4.69) is 20.8 Å². The topological polar surface area (TPSA) is 57.2 Å². The number of alkyl halides is 1. The van der Waals surface area contributed by atoms with Gasteiger partial charge >= 0.3 is 0 Å². The molecule has 0 aliphatic carbocycles. The predicted molar refractivity (Wildman–Crippen MR) is 133 cm³/mol. The maximum absolute atomic E-state index is 10.4. The van der Waals surface area contributed by atoms with E-state index in [1.54, 1.807) is 12.1 Å². The van der Waals surface area contributed by atoms with Crippen LogP contribution in [0.4, 0.5) is 0 Å². The Bertz CT molecular complexity index is 621. The van der Waals surface area contributed by atoms with Gasteiger partial charge in [-0.2, -0.15) is 0 Å². The summed E-state index contributed by atoms with van der Waals surface area (Å²) in [5, 5.41) is 0. The summed E-state index contributed by atoms with van der Waals surface area (Å²) in [6.45, 7) is 14.2. The van der Waals surface area contributed by atoms with Crippen molar-refractivity contribution in [3.05, 3.63) is 29.8 Å². The molecule has 0 unspecified atom stereocenters. The highest BCUT2D eigenvalue weighted by Gasteiger charge is 2.25. The molecule has 0 aliphatic heterocycles. The normalized spacial score (nSPS) is 11.8. The number of benzene rings is 1. The van der Waals surface area contributed by atoms with Crippen LogP contribution in [0.25, 0.3) is 0 Å². The molecule has 0 spiro atoms. The minimum Gasteiger partial charge on any atom is -0.744 e. The third-order valence-electron chi connectivity index (χ3n) is 5.78. The Morgan fingerprint density at radius 2 is 1.13 bits per heavy atom. The maximum atomic E-state index is 10.4. The predicted octanol–water partition coefficient (Wildman–Crippen LogP) is 6.90. The van der Waals surface area contributed by atoms with Gasteiger partial charge in [-0.3, -0.25) is 0 Å². The molecular formula is C25H46ClNO3S. The molecule has 0 fully saturated rings. The zero-order valence-corrected chi connectivity index (χ0v) is 21.9. The van der Waals surface area contributed by atoms with Crippen molar-refractivity contribution in [3.63, 3.8) is 0 Å². The van der Waals surface area contributed by atoms with E-state index >= 15 is 0 Å². The lowest BCUT2D eigenvalue weighted by atomic mass is 10.1. The third-order valence-corrected chi connectivity index (χ3v) is 6.90. The average Bonchev–Trinajstić information content (AvgIpc) is 2.73. The Kier molecular flexibility index (Phi) is 17.5. The highest BCUT2D eigenvalue weighted by Crippen LogP contribution is 2.17. The standard InChI is InChI=1S/C18H39ClN.C7H8O3S/c1-4-7-10-15-20(18-13-14-19,16-11-8-5-2)17-12-9-6-3;1-6-2-4-7(5-3-6)11(8,9)10/h4-18H2,1-3H3;2-5H,1H3,(H,8,9,10)/q+1;/p-1. The van der Waals surface area contributed by atoms with E-state index < -0.39 is 10.1 Å². The molecule has 0 saturated carbocycles. The van der Waals surface area contributed by atoms with Crippen LogP contribution in [0.5, 0.6) is 0 Å². The molecule has 4 nitrogen and oxygen atoms in total. The Morgan fingerprint density at radius 1 is 0.742 bits per heavy atom. The Labute approximate surface area is 197 Å². The van der Waals surface area contributed by atoms with Crippen LogP contribution in [-0.2, 0) is 10.1 Å². The fourth-order valence-electron chi connectivity index (χ4n) is 3.86. The summed E-state index contributed by atoms with van der Waals surface area (Å²) < 4.78 is 32.5. The lowest BCUT2D eigenvalue weighted by molar-refractivity contribution is -0.928. The lowest BCUT2D eigenvalue weighted by Crippen LogP contribution is -2.51. The first-order chi connectivity index (χ1) is 14.7. The molecule has 0 aromatic heterocycles. The Hall–Kier alpha value is -0.620. The van der Waals surface area contributed by atoms with Crippen molar-refractivity contribution in [1.82, 2.24) is 0 Å². The van der Waals surface area contributed by atoms with Crippen LogP contribution in [0, 0.1) is 6.92 Å². The second kappa shape index (κ2) is 17.9. The van der Waals surface area contributed by atoms with Gasteiger partial charge in [0.15, 0.2) is 0 Å². The van der Waals surface area contributed by atoms with Gasteiger partial charge in [-0.25, -0.2) is 8.42 Å². The van der Waals surface area contributed by atoms with Crippen LogP contribution in [-0.4, -0.2) is 49.5 Å². The number of halogens is 1. The zero-order chi connectivity index (χ0) is 23.6. The quantitative estimate of drug-likeness (QED) is 0.113. The monoisotopic (exact) mass is 475 g/mol. The molecule has 182 valence electrons. The van der Waals surface area contributed by atoms with E-state index in [1.807, 2.05) is 6.92 Å². The maximum Gasteiger partial charge on any atom is 0.124 e. The number of nitrogens with zero attached hydrogens (tertiary/aromatic N) is 1. The van der Waals surface area contributed by atoms with Crippen LogP contribution in [0.15, 0.2) is 29.2 Å². The van der Waals surface area contributed by atoms with Gasteiger partial charge in [-0.05, 0) is 57.6 Å². The van der Waals surface area contributed by atoms with Gasteiger partial charge in [0.25, 0.3) is 0 Å². The smallest absolute Gasteiger partial charge is 0.124 e. The van der Waals surface area contributed by atoms with Gasteiger partial charge < -0.3 is 9.04 Å². The largest absolute Gasteiger partial charge is 0.744 e. The van der Waals surface area contributed by atoms with E-state index in [9.17, 15) is 13.0 Å². The molecular weight excluding hydrogens is 430 g/mol. The average molecular weight is 476 g/mol. The Morgan fingerprint density at radius 3 is 1.45 bits per heavy atom. The van der Waals surface area contributed by atoms with Crippen LogP contribution in [0.1, 0.15) is 90.5 Å². The molecule has 31 heavy (non-hydrogen) atoms. The molecule has 1 rings (SSSR count). The molecule has 0 saturated heterocycles. The fourth-order valence-corrected chi connectivity index (χ4v) is 4.45. The van der Waals surface area contributed by atoms with E-state index in [1.165, 1.54) is 107 Å². The van der Waals surface area contributed by atoms with Crippen molar-refractivity contribution in [3.8, 4) is 0 Å². The number of rotatable bonds is 16. The number of quaternary nitrogens is 1. The molecule has 0 bridgehead atoms. The summed E-state index contributed by atoms with van der Waals surface area (Å²) >= 11 is 5.98. The van der Waals surface area contributed by atoms with Gasteiger partial charge in [0.05, 0.1) is 31.1 Å². The zero-order valence-electron chi connectivity index (χ0n) is 20.4. The second-order valence-electron chi connectivity index (χ2n) is 8.67. The summed E-state index contributed by atoms with van der Waals surface area (Å²) in [6.07, 6.45) is 13.6. The van der Waals surface area contributed by atoms with Gasteiger partial charge in [-0.1, -0.05) is 57.7 Å². The van der Waals surface area contributed by atoms with Crippen molar-refractivity contribution in [2.24, 2.45) is 0 Å². The molecule has 0 atom stereocenters. The summed E-state index contributed by atoms with van der Waals surface area (Å²) in [5.74, 6) is 0.829. The Balaban J connectivity index is 0.000000683. The highest BCUT2D eigenvalue weighted by molar-refractivity contribution is 7.85. The number of aryl methyl sites for hydroxylation is 1. The summed E-state index contributed by atoms with van der Waals surface area (Å²) in [5.41, 5.74) is 0.928. The first-order valence-corrected chi connectivity index (χ1v) is 14.1. The SMILES string of the molecule is CCCCC[N+](CCCCl)(CCCCC)CCCCC.Cc1ccc(S(=O)(=O)[O-])cc1. The summed E-state index contributed by atoms with van der Waals surface area (Å²) in [4.78, 5) is -0.178. The second-order valence-corrected chi connectivity index (χ2v) is 10.4. The lowest BCUT2D eigenvalue weighted by Gasteiger charge is -2.39. The van der Waals surface area contributed by atoms with Crippen molar-refractivity contribution in [2.75, 3.05) is 32.1 Å². The minimum absolute atomic E-state index is 0.178. The molecule has 0 N–H and O–H groups in total.